The van der Waals surface area contributed by atoms with Crippen molar-refractivity contribution in [2.24, 2.45) is 0 Å². The summed E-state index contributed by atoms with van der Waals surface area (Å²) in [6.45, 7) is 22.0. The molecule has 2 aliphatic heterocycles. The number of rotatable bonds is 5. The van der Waals surface area contributed by atoms with Crippen LogP contribution in [0.5, 0.6) is 0 Å². The van der Waals surface area contributed by atoms with Crippen molar-refractivity contribution in [1.29, 1.82) is 0 Å². The van der Waals surface area contributed by atoms with Crippen LogP contribution in [0.2, 0.25) is 0 Å². The molecule has 0 amide bonds. The standard InChI is InChI=1S/C32H32O2S6/c1-11(2)21-13(5)14(6)23(35-21)19-29-30(40-31(19)33)20(32(34)39-29)24-15(7)16(8)25(37-24)27-18(10)28-26(38-27)17(9)22(36-28)12(3)4/h11-12H,1-10H3. The molecule has 8 heteroatoms. The lowest BCUT2D eigenvalue weighted by atomic mass is 10.0. The first-order valence-corrected chi connectivity index (χ1v) is 18.4. The summed E-state index contributed by atoms with van der Waals surface area (Å²) in [4.78, 5) is 36.3. The summed E-state index contributed by atoms with van der Waals surface area (Å²) >= 11 is 9.79. The molecule has 2 aliphatic rings. The van der Waals surface area contributed by atoms with E-state index in [4.69, 9.17) is 0 Å². The lowest BCUT2D eigenvalue weighted by Crippen LogP contribution is -1.96. The molecule has 0 aromatic carbocycles. The van der Waals surface area contributed by atoms with Crippen molar-refractivity contribution in [3.05, 3.63) is 62.7 Å². The molecule has 4 aromatic rings. The maximum absolute atomic E-state index is 13.6. The van der Waals surface area contributed by atoms with Gasteiger partial charge < -0.3 is 0 Å². The average molecular weight is 641 g/mol. The minimum Gasteiger partial charge on any atom is -0.281 e. The summed E-state index contributed by atoms with van der Waals surface area (Å²) < 4.78 is 2.80. The quantitative estimate of drug-likeness (QED) is 0.217. The fourth-order valence-corrected chi connectivity index (χ4v) is 14.1. The lowest BCUT2D eigenvalue weighted by molar-refractivity contribution is -0.106. The first kappa shape index (κ1) is 28.7. The average Bonchev–Trinajstić information content (AvgIpc) is 3.68. The molecule has 40 heavy (non-hydrogen) atoms. The van der Waals surface area contributed by atoms with E-state index in [9.17, 15) is 9.59 Å². The Hall–Kier alpha value is -1.42. The fourth-order valence-electron chi connectivity index (χ4n) is 5.68. The summed E-state index contributed by atoms with van der Waals surface area (Å²) in [6.07, 6.45) is 0. The van der Waals surface area contributed by atoms with E-state index in [1.54, 1.807) is 22.7 Å². The maximum atomic E-state index is 13.6. The zero-order chi connectivity index (χ0) is 28.9. The van der Waals surface area contributed by atoms with Crippen LogP contribution in [0.25, 0.3) is 30.3 Å². The van der Waals surface area contributed by atoms with Gasteiger partial charge in [-0.25, -0.2) is 0 Å². The molecular formula is C32H32O2S6. The normalized spacial score (nSPS) is 15.9. The van der Waals surface area contributed by atoms with Crippen molar-refractivity contribution in [3.63, 3.8) is 0 Å². The van der Waals surface area contributed by atoms with Gasteiger partial charge >= 0.3 is 0 Å². The summed E-state index contributed by atoms with van der Waals surface area (Å²) in [5, 5.41) is 0.133. The highest BCUT2D eigenvalue weighted by Gasteiger charge is 2.43. The molecule has 0 atom stereocenters. The lowest BCUT2D eigenvalue weighted by Gasteiger charge is -2.03. The van der Waals surface area contributed by atoms with Gasteiger partial charge in [0.05, 0.1) is 11.1 Å². The summed E-state index contributed by atoms with van der Waals surface area (Å²) in [5.74, 6) is 0.934. The molecule has 0 aliphatic carbocycles. The summed E-state index contributed by atoms with van der Waals surface area (Å²) in [6, 6.07) is 0. The molecule has 2 nitrogen and oxygen atoms in total. The topological polar surface area (TPSA) is 34.1 Å². The minimum atomic E-state index is 0.0646. The second-order valence-electron chi connectivity index (χ2n) is 11.4. The maximum Gasteiger partial charge on any atom is 0.226 e. The van der Waals surface area contributed by atoms with Gasteiger partial charge in [0.2, 0.25) is 10.2 Å². The molecule has 6 rings (SSSR count). The van der Waals surface area contributed by atoms with Crippen LogP contribution in [0.3, 0.4) is 0 Å². The van der Waals surface area contributed by atoms with Crippen LogP contribution in [0.1, 0.15) is 92.4 Å². The van der Waals surface area contributed by atoms with Crippen LogP contribution >= 0.6 is 68.9 Å². The van der Waals surface area contributed by atoms with Crippen molar-refractivity contribution in [1.82, 2.24) is 0 Å². The second-order valence-corrected chi connectivity index (χ2v) is 17.5. The summed E-state index contributed by atoms with van der Waals surface area (Å²) in [5.41, 5.74) is 9.06. The van der Waals surface area contributed by atoms with Gasteiger partial charge in [-0.15, -0.1) is 45.3 Å². The largest absolute Gasteiger partial charge is 0.281 e. The van der Waals surface area contributed by atoms with Gasteiger partial charge in [0, 0.05) is 48.5 Å². The smallest absolute Gasteiger partial charge is 0.226 e. The van der Waals surface area contributed by atoms with E-state index in [0.29, 0.717) is 11.8 Å². The number of thiophene rings is 4. The van der Waals surface area contributed by atoms with Crippen molar-refractivity contribution in [3.8, 4) is 9.75 Å². The molecule has 6 heterocycles. The molecule has 208 valence electrons. The monoisotopic (exact) mass is 640 g/mol. The molecule has 0 spiro atoms. The minimum absolute atomic E-state index is 0.0646. The van der Waals surface area contributed by atoms with Crippen LogP contribution in [0, 0.1) is 41.5 Å². The highest BCUT2D eigenvalue weighted by Crippen LogP contribution is 2.60. The Morgan fingerprint density at radius 2 is 0.875 bits per heavy atom. The van der Waals surface area contributed by atoms with E-state index < -0.39 is 0 Å². The number of fused-ring (bicyclic) bond motifs is 2. The van der Waals surface area contributed by atoms with Crippen molar-refractivity contribution in [2.45, 2.75) is 81.1 Å². The van der Waals surface area contributed by atoms with Crippen LogP contribution in [-0.4, -0.2) is 10.2 Å². The number of hydrogen-bond donors (Lipinski definition) is 0. The van der Waals surface area contributed by atoms with Crippen LogP contribution in [0.15, 0.2) is 9.81 Å². The first-order chi connectivity index (χ1) is 18.8. The Morgan fingerprint density at radius 1 is 0.450 bits per heavy atom. The van der Waals surface area contributed by atoms with Gasteiger partial charge in [0.15, 0.2) is 0 Å². The SMILES string of the molecule is Cc1c(C2=C3SC(=O)C(c4sc(C(C)C)c(C)c4C)=C3SC2=O)sc(-c2sc3c(C)c(C(C)C)sc3c2C)c1C. The van der Waals surface area contributed by atoms with Gasteiger partial charge in [0.1, 0.15) is 0 Å². The van der Waals surface area contributed by atoms with E-state index >= 15 is 0 Å². The Labute approximate surface area is 261 Å². The van der Waals surface area contributed by atoms with Gasteiger partial charge in [-0.05, 0) is 110 Å². The van der Waals surface area contributed by atoms with Crippen LogP contribution < -0.4 is 0 Å². The third-order valence-electron chi connectivity index (χ3n) is 8.11. The van der Waals surface area contributed by atoms with E-state index in [2.05, 4.69) is 69.2 Å². The number of carbonyl (C=O) groups is 2. The van der Waals surface area contributed by atoms with E-state index in [-0.39, 0.29) is 10.2 Å². The Bertz CT molecular complexity index is 1840. The highest BCUT2D eigenvalue weighted by atomic mass is 32.2. The van der Waals surface area contributed by atoms with E-state index in [1.807, 2.05) is 22.7 Å². The number of carbonyl (C=O) groups excluding carboxylic acids is 2. The third-order valence-corrected chi connectivity index (χ3v) is 16.8. The Balaban J connectivity index is 1.50. The van der Waals surface area contributed by atoms with Gasteiger partial charge in [0.25, 0.3) is 0 Å². The van der Waals surface area contributed by atoms with Crippen molar-refractivity contribution < 1.29 is 9.59 Å². The first-order valence-electron chi connectivity index (χ1n) is 13.5. The molecule has 0 fully saturated rings. The zero-order valence-electron chi connectivity index (χ0n) is 24.4. The molecule has 4 aromatic heterocycles. The molecule has 0 N–H and O–H groups in total. The predicted octanol–water partition coefficient (Wildman–Crippen LogP) is 11.5. The van der Waals surface area contributed by atoms with Crippen molar-refractivity contribution >= 4 is 99.6 Å². The van der Waals surface area contributed by atoms with Gasteiger partial charge in [-0.1, -0.05) is 27.7 Å². The highest BCUT2D eigenvalue weighted by molar-refractivity contribution is 8.25. The molecular weight excluding hydrogens is 609 g/mol. The molecule has 0 bridgehead atoms. The van der Waals surface area contributed by atoms with Crippen molar-refractivity contribution in [2.75, 3.05) is 0 Å². The second kappa shape index (κ2) is 10.1. The zero-order valence-corrected chi connectivity index (χ0v) is 29.3. The van der Waals surface area contributed by atoms with Gasteiger partial charge in [-0.3, -0.25) is 9.59 Å². The van der Waals surface area contributed by atoms with E-state index in [0.717, 1.165) is 36.3 Å². The van der Waals surface area contributed by atoms with Crippen LogP contribution in [-0.2, 0) is 9.59 Å². The fraction of sp³-hybridized carbons (Fsp3) is 0.375. The molecule has 0 saturated heterocycles. The Morgan fingerprint density at radius 3 is 1.38 bits per heavy atom. The van der Waals surface area contributed by atoms with E-state index in [1.165, 1.54) is 80.2 Å². The number of aryl methyl sites for hydroxylation is 2. The number of hydrogen-bond acceptors (Lipinski definition) is 8. The number of thioether (sulfide) groups is 2. The summed E-state index contributed by atoms with van der Waals surface area (Å²) in [7, 11) is 0. The molecule has 0 unspecified atom stereocenters. The third kappa shape index (κ3) is 4.08. The molecule has 0 saturated carbocycles. The van der Waals surface area contributed by atoms with Gasteiger partial charge in [-0.2, -0.15) is 0 Å². The van der Waals surface area contributed by atoms with Crippen LogP contribution in [0.4, 0.5) is 0 Å². The predicted molar refractivity (Wildman–Crippen MR) is 183 cm³/mol. The Kier molecular flexibility index (Phi) is 7.24. The molecule has 0 radical (unpaired) electrons.